The third-order valence-electron chi connectivity index (χ3n) is 1.68. The first-order valence-corrected chi connectivity index (χ1v) is 5.56. The maximum absolute atomic E-state index is 7.57. The number of hydrogen-bond donors (Lipinski definition) is 1. The molecule has 0 amide bonds. The largest absolute Gasteiger partial charge is 0.427 e. The minimum atomic E-state index is 0.250. The Kier molecular flexibility index (Phi) is 7.89. The van der Waals surface area contributed by atoms with Crippen LogP contribution in [-0.2, 0) is 6.42 Å². The van der Waals surface area contributed by atoms with E-state index in [0.29, 0.717) is 0 Å². The predicted octanol–water partition coefficient (Wildman–Crippen LogP) is 3.28. The molecule has 80 valence electrons. The molecule has 0 saturated heterocycles. The Morgan fingerprint density at radius 2 is 1.93 bits per heavy atom. The summed E-state index contributed by atoms with van der Waals surface area (Å²) in [5, 5.41) is 7.57. The van der Waals surface area contributed by atoms with Crippen molar-refractivity contribution in [1.29, 1.82) is 0 Å². The summed E-state index contributed by atoms with van der Waals surface area (Å²) in [4.78, 5) is 0. The van der Waals surface area contributed by atoms with E-state index in [4.69, 9.17) is 8.17 Å². The van der Waals surface area contributed by atoms with Gasteiger partial charge in [-0.25, -0.2) is 0 Å². The van der Waals surface area contributed by atoms with Crippen molar-refractivity contribution in [2.24, 2.45) is 0 Å². The van der Waals surface area contributed by atoms with Crippen LogP contribution in [0.4, 0.5) is 0 Å². The van der Waals surface area contributed by atoms with Gasteiger partial charge in [0.2, 0.25) is 0 Å². The summed E-state index contributed by atoms with van der Waals surface area (Å²) in [6.07, 6.45) is 1.03. The highest BCUT2D eigenvalue weighted by molar-refractivity contribution is 14.1. The van der Waals surface area contributed by atoms with E-state index in [-0.39, 0.29) is 6.61 Å². The molecule has 0 aliphatic heterocycles. The topological polar surface area (TPSA) is 29.5 Å². The fourth-order valence-corrected chi connectivity index (χ4v) is 1.49. The van der Waals surface area contributed by atoms with Crippen molar-refractivity contribution >= 4 is 23.0 Å². The van der Waals surface area contributed by atoms with Gasteiger partial charge in [0.1, 0.15) is 5.75 Å². The summed E-state index contributed by atoms with van der Waals surface area (Å²) < 4.78 is 5.16. The minimum absolute atomic E-state index is 0.250. The summed E-state index contributed by atoms with van der Waals surface area (Å²) in [5.41, 5.74) is 2.57. The van der Waals surface area contributed by atoms with Gasteiger partial charge in [0.25, 0.3) is 0 Å². The van der Waals surface area contributed by atoms with E-state index in [9.17, 15) is 0 Å². The van der Waals surface area contributed by atoms with Crippen LogP contribution in [0, 0.1) is 6.92 Å². The predicted molar refractivity (Wildman–Crippen MR) is 68.0 cm³/mol. The van der Waals surface area contributed by atoms with E-state index < -0.39 is 0 Å². The lowest BCUT2D eigenvalue weighted by Gasteiger charge is -2.04. The molecular formula is C11H17IO2. The van der Waals surface area contributed by atoms with Gasteiger partial charge in [0.05, 0.1) is 0 Å². The van der Waals surface area contributed by atoms with Crippen LogP contribution in [0.15, 0.2) is 18.2 Å². The van der Waals surface area contributed by atoms with Gasteiger partial charge >= 0.3 is 0 Å². The molecule has 0 heterocycles. The second-order valence-electron chi connectivity index (χ2n) is 2.86. The lowest BCUT2D eigenvalue weighted by molar-refractivity contribution is 0.318. The van der Waals surface area contributed by atoms with Crippen molar-refractivity contribution in [2.45, 2.75) is 27.2 Å². The Morgan fingerprint density at radius 3 is 2.36 bits per heavy atom. The lowest BCUT2D eigenvalue weighted by atomic mass is 10.1. The van der Waals surface area contributed by atoms with Crippen LogP contribution < -0.4 is 3.07 Å². The highest BCUT2D eigenvalue weighted by atomic mass is 127. The Balaban J connectivity index is 0.000000500. The van der Waals surface area contributed by atoms with Gasteiger partial charge in [0, 0.05) is 6.61 Å². The van der Waals surface area contributed by atoms with Crippen LogP contribution in [-0.4, -0.2) is 11.7 Å². The van der Waals surface area contributed by atoms with Crippen molar-refractivity contribution in [3.63, 3.8) is 0 Å². The first kappa shape index (κ1) is 13.7. The second kappa shape index (κ2) is 8.05. The molecule has 0 aliphatic rings. The Labute approximate surface area is 100.0 Å². The van der Waals surface area contributed by atoms with Crippen LogP contribution in [0.5, 0.6) is 5.75 Å². The van der Waals surface area contributed by atoms with Gasteiger partial charge in [0.15, 0.2) is 23.0 Å². The molecule has 0 unspecified atom stereocenters. The SMILES string of the molecule is CCO.CCc1cc(C)ccc1OI. The summed E-state index contributed by atoms with van der Waals surface area (Å²) in [6.45, 7) is 6.16. The van der Waals surface area contributed by atoms with Crippen molar-refractivity contribution < 1.29 is 8.17 Å². The van der Waals surface area contributed by atoms with Crippen LogP contribution in [0.2, 0.25) is 0 Å². The number of rotatable bonds is 2. The minimum Gasteiger partial charge on any atom is -0.427 e. The Hall–Kier alpha value is -0.290. The molecule has 1 aromatic rings. The van der Waals surface area contributed by atoms with Crippen molar-refractivity contribution in [1.82, 2.24) is 0 Å². The van der Waals surface area contributed by atoms with Crippen LogP contribution in [0.1, 0.15) is 25.0 Å². The fourth-order valence-electron chi connectivity index (χ4n) is 1.06. The van der Waals surface area contributed by atoms with Gasteiger partial charge in [-0.3, -0.25) is 0 Å². The van der Waals surface area contributed by atoms with Crippen molar-refractivity contribution in [3.05, 3.63) is 29.3 Å². The quantitative estimate of drug-likeness (QED) is 0.850. The first-order chi connectivity index (χ1) is 6.69. The number of aryl methyl sites for hydroxylation is 2. The standard InChI is InChI=1S/C9H11IO.C2H6O/c1-3-8-6-7(2)4-5-9(8)11-10;1-2-3/h4-6H,3H2,1-2H3;3H,2H2,1H3. The molecular weight excluding hydrogens is 291 g/mol. The molecule has 3 heteroatoms. The van der Waals surface area contributed by atoms with E-state index in [2.05, 4.69) is 26.0 Å². The molecule has 1 rings (SSSR count). The molecule has 0 saturated carbocycles. The van der Waals surface area contributed by atoms with E-state index in [1.54, 1.807) is 6.92 Å². The third-order valence-corrected chi connectivity index (χ3v) is 2.15. The molecule has 1 aromatic carbocycles. The van der Waals surface area contributed by atoms with E-state index in [1.807, 2.05) is 29.1 Å². The van der Waals surface area contributed by atoms with Gasteiger partial charge in [-0.05, 0) is 31.9 Å². The molecule has 0 fully saturated rings. The molecule has 0 aliphatic carbocycles. The first-order valence-electron chi connectivity index (χ1n) is 4.68. The molecule has 2 nitrogen and oxygen atoms in total. The Morgan fingerprint density at radius 1 is 1.36 bits per heavy atom. The monoisotopic (exact) mass is 308 g/mol. The van der Waals surface area contributed by atoms with Crippen LogP contribution in [0.25, 0.3) is 0 Å². The Bertz CT molecular complexity index is 261. The molecule has 0 aromatic heterocycles. The highest BCUT2D eigenvalue weighted by Crippen LogP contribution is 2.21. The summed E-state index contributed by atoms with van der Waals surface area (Å²) in [7, 11) is 0. The average molecular weight is 308 g/mol. The van der Waals surface area contributed by atoms with Gasteiger partial charge < -0.3 is 8.17 Å². The van der Waals surface area contributed by atoms with Crippen molar-refractivity contribution in [3.8, 4) is 5.75 Å². The maximum Gasteiger partial charge on any atom is 0.192 e. The molecule has 14 heavy (non-hydrogen) atoms. The third kappa shape index (κ3) is 4.81. The van der Waals surface area contributed by atoms with Gasteiger partial charge in [-0.15, -0.1) is 0 Å². The van der Waals surface area contributed by atoms with Crippen molar-refractivity contribution in [2.75, 3.05) is 6.61 Å². The smallest absolute Gasteiger partial charge is 0.192 e. The average Bonchev–Trinajstić information content (AvgIpc) is 2.19. The highest BCUT2D eigenvalue weighted by Gasteiger charge is 1.99. The van der Waals surface area contributed by atoms with Crippen LogP contribution in [0.3, 0.4) is 0 Å². The van der Waals surface area contributed by atoms with E-state index >= 15 is 0 Å². The fraction of sp³-hybridized carbons (Fsp3) is 0.455. The lowest BCUT2D eigenvalue weighted by Crippen LogP contribution is -1.86. The second-order valence-corrected chi connectivity index (χ2v) is 3.30. The summed E-state index contributed by atoms with van der Waals surface area (Å²) >= 11 is 1.91. The zero-order valence-corrected chi connectivity index (χ0v) is 11.0. The molecule has 0 atom stereocenters. The zero-order chi connectivity index (χ0) is 11.0. The van der Waals surface area contributed by atoms with E-state index in [0.717, 1.165) is 12.2 Å². The van der Waals surface area contributed by atoms with Crippen LogP contribution >= 0.6 is 23.0 Å². The van der Waals surface area contributed by atoms with Gasteiger partial charge in [-0.2, -0.15) is 0 Å². The number of benzene rings is 1. The number of halogens is 1. The van der Waals surface area contributed by atoms with E-state index in [1.165, 1.54) is 11.1 Å². The molecule has 0 bridgehead atoms. The van der Waals surface area contributed by atoms with Gasteiger partial charge in [-0.1, -0.05) is 24.6 Å². The maximum atomic E-state index is 7.57. The summed E-state index contributed by atoms with van der Waals surface area (Å²) in [6, 6.07) is 6.24. The number of hydrogen-bond acceptors (Lipinski definition) is 2. The number of aliphatic hydroxyl groups is 1. The zero-order valence-electron chi connectivity index (χ0n) is 8.88. The molecule has 1 N–H and O–H groups in total. The molecule has 0 spiro atoms. The molecule has 0 radical (unpaired) electrons. The normalized spacial score (nSPS) is 8.93. The summed E-state index contributed by atoms with van der Waals surface area (Å²) in [5.74, 6) is 0.985. The number of aliphatic hydroxyl groups excluding tert-OH is 1.